The Bertz CT molecular complexity index is 676. The highest BCUT2D eigenvalue weighted by Gasteiger charge is 2.43. The molecule has 8 nitrogen and oxygen atoms in total. The van der Waals surface area contributed by atoms with Crippen molar-refractivity contribution in [3.63, 3.8) is 0 Å². The topological polar surface area (TPSA) is 102 Å². The molecule has 1 saturated heterocycles. The molecule has 1 aliphatic heterocycles. The molecule has 0 radical (unpaired) electrons. The van der Waals surface area contributed by atoms with Gasteiger partial charge in [0.25, 0.3) is 5.69 Å². The summed E-state index contributed by atoms with van der Waals surface area (Å²) in [5, 5.41) is 11.4. The van der Waals surface area contributed by atoms with E-state index in [1.807, 2.05) is 0 Å². The highest BCUT2D eigenvalue weighted by molar-refractivity contribution is 7.90. The maximum atomic E-state index is 12.3. The maximum Gasteiger partial charge on any atom is 0.269 e. The first kappa shape index (κ1) is 16.6. The molecule has 0 saturated carbocycles. The average molecular weight is 327 g/mol. The number of nitro benzene ring substituents is 1. The highest BCUT2D eigenvalue weighted by atomic mass is 32.2. The van der Waals surface area contributed by atoms with E-state index in [1.165, 1.54) is 29.3 Å². The number of nitro groups is 1. The smallest absolute Gasteiger partial charge is 0.269 e. The SMILES string of the molecule is C=CCNS(=O)(=O)C1CON(C)C1c1cccc([N+](=O)[O-])c1. The van der Waals surface area contributed by atoms with Gasteiger partial charge in [0.2, 0.25) is 10.0 Å². The Morgan fingerprint density at radius 3 is 2.95 bits per heavy atom. The Labute approximate surface area is 128 Å². The Balaban J connectivity index is 2.36. The molecular formula is C13H17N3O5S. The lowest BCUT2D eigenvalue weighted by atomic mass is 10.0. The molecule has 2 unspecified atom stereocenters. The van der Waals surface area contributed by atoms with Crippen LogP contribution in [0.2, 0.25) is 0 Å². The van der Waals surface area contributed by atoms with E-state index in [0.29, 0.717) is 5.56 Å². The number of hydrogen-bond donors (Lipinski definition) is 1. The van der Waals surface area contributed by atoms with Crippen LogP contribution in [0.1, 0.15) is 11.6 Å². The number of rotatable bonds is 6. The van der Waals surface area contributed by atoms with Crippen LogP contribution in [0.25, 0.3) is 0 Å². The van der Waals surface area contributed by atoms with Crippen LogP contribution in [0.15, 0.2) is 36.9 Å². The van der Waals surface area contributed by atoms with E-state index in [-0.39, 0.29) is 18.8 Å². The van der Waals surface area contributed by atoms with Crippen LogP contribution in [0.5, 0.6) is 0 Å². The first-order chi connectivity index (χ1) is 10.4. The number of hydrogen-bond acceptors (Lipinski definition) is 6. The van der Waals surface area contributed by atoms with Crippen LogP contribution in [-0.2, 0) is 14.9 Å². The van der Waals surface area contributed by atoms with Crippen molar-refractivity contribution in [2.45, 2.75) is 11.3 Å². The van der Waals surface area contributed by atoms with Crippen LogP contribution in [0.3, 0.4) is 0 Å². The molecule has 22 heavy (non-hydrogen) atoms. The fourth-order valence-electron chi connectivity index (χ4n) is 2.38. The lowest BCUT2D eigenvalue weighted by molar-refractivity contribution is -0.385. The summed E-state index contributed by atoms with van der Waals surface area (Å²) in [6.45, 7) is 3.57. The van der Waals surface area contributed by atoms with Gasteiger partial charge in [0.1, 0.15) is 5.25 Å². The summed E-state index contributed by atoms with van der Waals surface area (Å²) >= 11 is 0. The number of nitrogens with one attached hydrogen (secondary N) is 1. The molecule has 2 atom stereocenters. The molecule has 1 N–H and O–H groups in total. The lowest BCUT2D eigenvalue weighted by Gasteiger charge is -2.22. The molecule has 120 valence electrons. The van der Waals surface area contributed by atoms with E-state index in [4.69, 9.17) is 4.84 Å². The van der Waals surface area contributed by atoms with Crippen LogP contribution >= 0.6 is 0 Å². The highest BCUT2D eigenvalue weighted by Crippen LogP contribution is 2.34. The second-order valence-electron chi connectivity index (χ2n) is 4.86. The van der Waals surface area contributed by atoms with Gasteiger partial charge in [-0.05, 0) is 5.56 Å². The summed E-state index contributed by atoms with van der Waals surface area (Å²) in [5.41, 5.74) is 0.427. The van der Waals surface area contributed by atoms with Gasteiger partial charge in [-0.25, -0.2) is 13.1 Å². The molecule has 0 spiro atoms. The van der Waals surface area contributed by atoms with Gasteiger partial charge in [-0.2, -0.15) is 5.06 Å². The third-order valence-electron chi connectivity index (χ3n) is 3.44. The largest absolute Gasteiger partial charge is 0.297 e. The molecular weight excluding hydrogens is 310 g/mol. The number of sulfonamides is 1. The molecule has 1 heterocycles. The third kappa shape index (κ3) is 3.33. The van der Waals surface area contributed by atoms with Gasteiger partial charge in [0.05, 0.1) is 17.6 Å². The normalized spacial score (nSPS) is 22.6. The number of nitrogens with zero attached hydrogens (tertiary/aromatic N) is 2. The van der Waals surface area contributed by atoms with Crippen molar-refractivity contribution in [2.75, 3.05) is 20.2 Å². The summed E-state index contributed by atoms with van der Waals surface area (Å²) < 4.78 is 27.1. The molecule has 0 aromatic heterocycles. The maximum absolute atomic E-state index is 12.3. The van der Waals surface area contributed by atoms with Gasteiger partial charge in [-0.3, -0.25) is 15.0 Å². The van der Waals surface area contributed by atoms with Crippen molar-refractivity contribution in [1.29, 1.82) is 0 Å². The lowest BCUT2D eigenvalue weighted by Crippen LogP contribution is -2.39. The van der Waals surface area contributed by atoms with Crippen LogP contribution in [-0.4, -0.2) is 43.9 Å². The Morgan fingerprint density at radius 1 is 1.59 bits per heavy atom. The van der Waals surface area contributed by atoms with Gasteiger partial charge >= 0.3 is 0 Å². The average Bonchev–Trinajstić information content (AvgIpc) is 2.88. The van der Waals surface area contributed by atoms with Crippen molar-refractivity contribution >= 4 is 15.7 Å². The van der Waals surface area contributed by atoms with Crippen LogP contribution < -0.4 is 4.72 Å². The van der Waals surface area contributed by atoms with Gasteiger partial charge in [0.15, 0.2) is 0 Å². The van der Waals surface area contributed by atoms with Crippen molar-refractivity contribution < 1.29 is 18.2 Å². The number of hydroxylamine groups is 2. The summed E-state index contributed by atoms with van der Waals surface area (Å²) in [6, 6.07) is 5.28. The third-order valence-corrected chi connectivity index (χ3v) is 5.20. The van der Waals surface area contributed by atoms with E-state index in [2.05, 4.69) is 11.3 Å². The van der Waals surface area contributed by atoms with E-state index >= 15 is 0 Å². The zero-order chi connectivity index (χ0) is 16.3. The second kappa shape index (κ2) is 6.53. The minimum absolute atomic E-state index is 0.0175. The fraction of sp³-hybridized carbons (Fsp3) is 0.385. The van der Waals surface area contributed by atoms with Crippen molar-refractivity contribution in [3.8, 4) is 0 Å². The summed E-state index contributed by atoms with van der Waals surface area (Å²) in [5.74, 6) is 0. The molecule has 1 aromatic carbocycles. The van der Waals surface area contributed by atoms with Crippen molar-refractivity contribution in [2.24, 2.45) is 0 Å². The molecule has 0 aliphatic carbocycles. The molecule has 1 aliphatic rings. The zero-order valence-electron chi connectivity index (χ0n) is 12.0. The van der Waals surface area contributed by atoms with Gasteiger partial charge in [-0.1, -0.05) is 18.2 Å². The summed E-state index contributed by atoms with van der Waals surface area (Å²) in [6.07, 6.45) is 1.44. The van der Waals surface area contributed by atoms with E-state index < -0.39 is 26.2 Å². The summed E-state index contributed by atoms with van der Waals surface area (Å²) in [7, 11) is -2.04. The van der Waals surface area contributed by atoms with Crippen LogP contribution in [0.4, 0.5) is 5.69 Å². The predicted molar refractivity (Wildman–Crippen MR) is 80.5 cm³/mol. The molecule has 0 amide bonds. The first-order valence-corrected chi connectivity index (χ1v) is 8.11. The second-order valence-corrected chi connectivity index (χ2v) is 6.84. The Morgan fingerprint density at radius 2 is 2.32 bits per heavy atom. The number of non-ortho nitro benzene ring substituents is 1. The standard InChI is InChI=1S/C13H17N3O5S/c1-3-7-14-22(19,20)12-9-21-15(2)13(12)10-5-4-6-11(8-10)16(17)18/h3-6,8,12-14H,1,7,9H2,2H3. The predicted octanol–water partition coefficient (Wildman–Crippen LogP) is 0.987. The quantitative estimate of drug-likeness (QED) is 0.475. The van der Waals surface area contributed by atoms with Crippen LogP contribution in [0, 0.1) is 10.1 Å². The monoisotopic (exact) mass is 327 g/mol. The Kier molecular flexibility index (Phi) is 4.91. The van der Waals surface area contributed by atoms with E-state index in [1.54, 1.807) is 13.1 Å². The molecule has 1 fully saturated rings. The molecule has 1 aromatic rings. The molecule has 9 heteroatoms. The van der Waals surface area contributed by atoms with Gasteiger partial charge < -0.3 is 0 Å². The molecule has 0 bridgehead atoms. The zero-order valence-corrected chi connectivity index (χ0v) is 12.8. The fourth-order valence-corrected chi connectivity index (χ4v) is 3.86. The van der Waals surface area contributed by atoms with Gasteiger partial charge in [0, 0.05) is 25.7 Å². The number of benzene rings is 1. The van der Waals surface area contributed by atoms with Crippen molar-refractivity contribution in [3.05, 3.63) is 52.6 Å². The molecule has 2 rings (SSSR count). The van der Waals surface area contributed by atoms with E-state index in [0.717, 1.165) is 0 Å². The minimum Gasteiger partial charge on any atom is -0.297 e. The summed E-state index contributed by atoms with van der Waals surface area (Å²) in [4.78, 5) is 15.7. The minimum atomic E-state index is -3.64. The Hall–Kier alpha value is -1.81. The first-order valence-electron chi connectivity index (χ1n) is 6.56. The van der Waals surface area contributed by atoms with Crippen molar-refractivity contribution in [1.82, 2.24) is 9.79 Å². The van der Waals surface area contributed by atoms with E-state index in [9.17, 15) is 18.5 Å². The van der Waals surface area contributed by atoms with Gasteiger partial charge in [-0.15, -0.1) is 6.58 Å².